The van der Waals surface area contributed by atoms with Crippen molar-refractivity contribution in [3.8, 4) is 23.3 Å². The number of urea groups is 1. The lowest BCUT2D eigenvalue weighted by Crippen LogP contribution is -2.45. The summed E-state index contributed by atoms with van der Waals surface area (Å²) < 4.78 is 22.1. The van der Waals surface area contributed by atoms with Gasteiger partial charge in [-0.15, -0.1) is 0 Å². The highest BCUT2D eigenvalue weighted by atomic mass is 16.5. The van der Waals surface area contributed by atoms with Gasteiger partial charge in [0.2, 0.25) is 0 Å². The lowest BCUT2D eigenvalue weighted by molar-refractivity contribution is -0.139. The zero-order valence-electron chi connectivity index (χ0n) is 24.4. The van der Waals surface area contributed by atoms with Crippen molar-refractivity contribution in [1.82, 2.24) is 16.1 Å². The van der Waals surface area contributed by atoms with Crippen LogP contribution in [-0.2, 0) is 20.9 Å². The van der Waals surface area contributed by atoms with Gasteiger partial charge in [-0.1, -0.05) is 30.3 Å². The van der Waals surface area contributed by atoms with E-state index in [0.717, 1.165) is 5.56 Å². The van der Waals surface area contributed by atoms with Crippen molar-refractivity contribution < 1.29 is 33.3 Å². The van der Waals surface area contributed by atoms with Gasteiger partial charge in [0, 0.05) is 5.70 Å². The van der Waals surface area contributed by atoms with Crippen LogP contribution in [0.15, 0.2) is 83.1 Å². The number of carbonyl (C=O) groups is 3. The van der Waals surface area contributed by atoms with Crippen molar-refractivity contribution in [1.29, 1.82) is 5.26 Å². The maximum atomic E-state index is 12.6. The predicted octanol–water partition coefficient (Wildman–Crippen LogP) is 3.87. The first-order chi connectivity index (χ1) is 21.3. The maximum absolute atomic E-state index is 12.6. The van der Waals surface area contributed by atoms with Gasteiger partial charge in [-0.25, -0.2) is 15.0 Å². The Morgan fingerprint density at radius 2 is 1.86 bits per heavy atom. The summed E-state index contributed by atoms with van der Waals surface area (Å²) in [5, 5.41) is 18.2. The number of carbonyl (C=O) groups excluding carboxylic acids is 3. The molecule has 0 saturated carbocycles. The molecule has 1 aliphatic rings. The number of rotatable bonds is 12. The summed E-state index contributed by atoms with van der Waals surface area (Å²) in [7, 11) is 1.44. The van der Waals surface area contributed by atoms with Gasteiger partial charge in [0.1, 0.15) is 12.4 Å². The van der Waals surface area contributed by atoms with Crippen molar-refractivity contribution in [2.75, 3.05) is 20.3 Å². The molecule has 0 bridgehead atoms. The highest BCUT2D eigenvalue weighted by Crippen LogP contribution is 2.34. The highest BCUT2D eigenvalue weighted by Gasteiger charge is 2.32. The molecule has 226 valence electrons. The Morgan fingerprint density at radius 1 is 1.07 bits per heavy atom. The third-order valence-corrected chi connectivity index (χ3v) is 6.39. The second-order valence-electron chi connectivity index (χ2n) is 9.45. The van der Waals surface area contributed by atoms with Crippen LogP contribution in [0, 0.1) is 11.3 Å². The molecule has 1 aliphatic heterocycles. The fraction of sp³-hybridized carbons (Fsp3) is 0.219. The first-order valence-electron chi connectivity index (χ1n) is 13.6. The van der Waals surface area contributed by atoms with Crippen LogP contribution >= 0.6 is 0 Å². The average molecular weight is 598 g/mol. The Labute approximate surface area is 254 Å². The molecule has 3 aromatic carbocycles. The van der Waals surface area contributed by atoms with Crippen LogP contribution in [0.5, 0.6) is 17.2 Å². The zero-order valence-corrected chi connectivity index (χ0v) is 24.4. The van der Waals surface area contributed by atoms with Gasteiger partial charge in [-0.2, -0.15) is 10.4 Å². The summed E-state index contributed by atoms with van der Waals surface area (Å²) in [4.78, 5) is 37.1. The first kappa shape index (κ1) is 31.1. The summed E-state index contributed by atoms with van der Waals surface area (Å²) in [6.07, 6.45) is 1.48. The number of hydrazone groups is 1. The van der Waals surface area contributed by atoms with E-state index in [9.17, 15) is 14.4 Å². The normalized spacial score (nSPS) is 14.2. The van der Waals surface area contributed by atoms with Crippen LogP contribution in [0.1, 0.15) is 42.1 Å². The Bertz CT molecular complexity index is 1630. The Morgan fingerprint density at radius 3 is 2.59 bits per heavy atom. The summed E-state index contributed by atoms with van der Waals surface area (Å²) in [5.74, 6) is 0.134. The van der Waals surface area contributed by atoms with E-state index < -0.39 is 23.9 Å². The highest BCUT2D eigenvalue weighted by molar-refractivity contribution is 5.95. The third kappa shape index (κ3) is 8.13. The number of esters is 1. The number of ether oxygens (including phenoxy) is 4. The van der Waals surface area contributed by atoms with E-state index in [-0.39, 0.29) is 24.5 Å². The van der Waals surface area contributed by atoms with Gasteiger partial charge >= 0.3 is 12.0 Å². The van der Waals surface area contributed by atoms with Gasteiger partial charge in [-0.3, -0.25) is 4.79 Å². The fourth-order valence-electron chi connectivity index (χ4n) is 4.29. The lowest BCUT2D eigenvalue weighted by atomic mass is 9.95. The lowest BCUT2D eigenvalue weighted by Gasteiger charge is -2.28. The molecule has 0 aliphatic carbocycles. The van der Waals surface area contributed by atoms with Crippen molar-refractivity contribution in [2.45, 2.75) is 26.5 Å². The molecular formula is C32H31N5O7. The largest absolute Gasteiger partial charge is 0.493 e. The molecule has 3 N–H and O–H groups in total. The summed E-state index contributed by atoms with van der Waals surface area (Å²) >= 11 is 0. The summed E-state index contributed by atoms with van der Waals surface area (Å²) in [5.41, 5.74) is 5.84. The maximum Gasteiger partial charge on any atom is 0.338 e. The standard InChI is InChI=1S/C32H31N5O7/c1-4-42-31(39)29-20(2)35-32(40)36-30(29)24-12-13-26(27(15-24)41-3)44-19-28(38)37-34-17-23-6-5-7-25(14-23)43-18-22-10-8-21(16-33)9-11-22/h5-15,17,30H,4,18-19H2,1-3H3,(H,37,38)(H2,35,36,40)/b34-17+/t30-/m1/s1. The van der Waals surface area contributed by atoms with E-state index >= 15 is 0 Å². The number of methoxy groups -OCH3 is 1. The predicted molar refractivity (Wildman–Crippen MR) is 160 cm³/mol. The minimum Gasteiger partial charge on any atom is -0.493 e. The smallest absolute Gasteiger partial charge is 0.338 e. The van der Waals surface area contributed by atoms with E-state index in [2.05, 4.69) is 27.2 Å². The van der Waals surface area contributed by atoms with Crippen LogP contribution < -0.4 is 30.3 Å². The second kappa shape index (κ2) is 14.9. The molecule has 3 amide bonds. The third-order valence-electron chi connectivity index (χ3n) is 6.39. The molecule has 0 spiro atoms. The van der Waals surface area contributed by atoms with Crippen molar-refractivity contribution in [3.63, 3.8) is 0 Å². The Kier molecular flexibility index (Phi) is 10.5. The van der Waals surface area contributed by atoms with E-state index in [1.807, 2.05) is 18.2 Å². The molecule has 1 atom stereocenters. The van der Waals surface area contributed by atoms with E-state index in [1.54, 1.807) is 62.4 Å². The van der Waals surface area contributed by atoms with Crippen LogP contribution in [0.3, 0.4) is 0 Å². The fourth-order valence-corrected chi connectivity index (χ4v) is 4.29. The van der Waals surface area contributed by atoms with Gasteiger partial charge in [0.15, 0.2) is 18.1 Å². The SMILES string of the molecule is CCOC(=O)C1=C(C)NC(=O)N[C@@H]1c1ccc(OCC(=O)N/N=C/c2cccc(OCc3ccc(C#N)cc3)c2)c(OC)c1. The van der Waals surface area contributed by atoms with Crippen LogP contribution in [0.2, 0.25) is 0 Å². The number of nitrogens with one attached hydrogen (secondary N) is 3. The minimum atomic E-state index is -0.775. The molecule has 12 nitrogen and oxygen atoms in total. The van der Waals surface area contributed by atoms with Gasteiger partial charge in [0.25, 0.3) is 5.91 Å². The quantitative estimate of drug-likeness (QED) is 0.161. The van der Waals surface area contributed by atoms with E-state index in [0.29, 0.717) is 40.5 Å². The number of benzene rings is 3. The second-order valence-corrected chi connectivity index (χ2v) is 9.45. The molecule has 3 aromatic rings. The van der Waals surface area contributed by atoms with Crippen LogP contribution in [0.4, 0.5) is 4.79 Å². The monoisotopic (exact) mass is 597 g/mol. The molecule has 1 heterocycles. The molecule has 0 fully saturated rings. The van der Waals surface area contributed by atoms with E-state index in [4.69, 9.17) is 24.2 Å². The molecule has 44 heavy (non-hydrogen) atoms. The molecule has 0 unspecified atom stereocenters. The number of amides is 3. The summed E-state index contributed by atoms with van der Waals surface area (Å²) in [6, 6.07) is 20.0. The Hall–Kier alpha value is -5.83. The number of hydrogen-bond acceptors (Lipinski definition) is 9. The van der Waals surface area contributed by atoms with Gasteiger partial charge in [0.05, 0.1) is 43.2 Å². The number of hydrogen-bond donors (Lipinski definition) is 3. The van der Waals surface area contributed by atoms with Gasteiger partial charge in [-0.05, 0) is 66.9 Å². The van der Waals surface area contributed by atoms with Crippen molar-refractivity contribution in [3.05, 3.63) is 100 Å². The molecule has 12 heteroatoms. The van der Waals surface area contributed by atoms with Crippen molar-refractivity contribution in [2.24, 2.45) is 5.10 Å². The number of nitriles is 1. The zero-order chi connectivity index (χ0) is 31.5. The number of nitrogens with zero attached hydrogens (tertiary/aromatic N) is 2. The topological polar surface area (TPSA) is 160 Å². The average Bonchev–Trinajstić information content (AvgIpc) is 3.03. The Balaban J connectivity index is 1.33. The van der Waals surface area contributed by atoms with Gasteiger partial charge < -0.3 is 29.6 Å². The summed E-state index contributed by atoms with van der Waals surface area (Å²) in [6.45, 7) is 3.49. The van der Waals surface area contributed by atoms with Crippen molar-refractivity contribution >= 4 is 24.1 Å². The first-order valence-corrected chi connectivity index (χ1v) is 13.6. The molecule has 0 radical (unpaired) electrons. The van der Waals surface area contributed by atoms with Crippen LogP contribution in [-0.4, -0.2) is 44.4 Å². The minimum absolute atomic E-state index is 0.181. The molecule has 0 saturated heterocycles. The molecular weight excluding hydrogens is 566 g/mol. The molecule has 4 rings (SSSR count). The van der Waals surface area contributed by atoms with Crippen LogP contribution in [0.25, 0.3) is 0 Å². The van der Waals surface area contributed by atoms with E-state index in [1.165, 1.54) is 13.3 Å². The molecule has 0 aromatic heterocycles. The number of allylic oxidation sites excluding steroid dienone is 1.